The Labute approximate surface area is 201 Å². The number of rotatable bonds is 1. The first-order valence-corrected chi connectivity index (χ1v) is 13.0. The van der Waals surface area contributed by atoms with Crippen molar-refractivity contribution < 1.29 is 23.0 Å². The summed E-state index contributed by atoms with van der Waals surface area (Å²) in [6, 6.07) is 5.14. The minimum Gasteiger partial charge on any atom is -0.393 e. The number of benzene rings is 1. The van der Waals surface area contributed by atoms with Crippen LogP contribution in [0.2, 0.25) is 0 Å². The number of fused-ring (bicyclic) bond motifs is 5. The quantitative estimate of drug-likeness (QED) is 0.451. The molecule has 34 heavy (non-hydrogen) atoms. The molecule has 0 bridgehead atoms. The number of alkyl halides is 3. The average molecular weight is 475 g/mol. The minimum atomic E-state index is -4.34. The molecule has 186 valence electrons. The van der Waals surface area contributed by atoms with E-state index in [1.165, 1.54) is 31.4 Å². The van der Waals surface area contributed by atoms with Gasteiger partial charge in [0.05, 0.1) is 11.7 Å². The summed E-state index contributed by atoms with van der Waals surface area (Å²) < 4.78 is 45.0. The van der Waals surface area contributed by atoms with Gasteiger partial charge >= 0.3 is 6.18 Å². The summed E-state index contributed by atoms with van der Waals surface area (Å²) >= 11 is 0. The van der Waals surface area contributed by atoms with E-state index in [1.54, 1.807) is 7.11 Å². The standard InChI is InChI=1S/C29H37F3O2/c1-26-14-11-22(33)18-21(26)8-9-23-24(26)12-15-27(2)25(23)13-17-28(27,34-3)16-10-19-4-6-20(7-5-19)29(30,31)32/h4-7,21-25,33H,8-9,11-15,17-18H2,1-3H3/t21?,22?,23-,24-,25+,26+,27+,28?/m1/s1. The summed E-state index contributed by atoms with van der Waals surface area (Å²) in [5, 5.41) is 10.3. The van der Waals surface area contributed by atoms with Gasteiger partial charge in [0.25, 0.3) is 0 Å². The molecule has 1 N–H and O–H groups in total. The Morgan fingerprint density at radius 2 is 1.65 bits per heavy atom. The van der Waals surface area contributed by atoms with Crippen molar-refractivity contribution in [2.24, 2.45) is 34.5 Å². The molecule has 1 aromatic carbocycles. The first-order valence-electron chi connectivity index (χ1n) is 13.0. The third kappa shape index (κ3) is 3.63. The molecule has 0 spiro atoms. The summed E-state index contributed by atoms with van der Waals surface area (Å²) in [4.78, 5) is 0. The van der Waals surface area contributed by atoms with Gasteiger partial charge in [0, 0.05) is 18.1 Å². The molecule has 3 unspecified atom stereocenters. The molecule has 0 aliphatic heterocycles. The van der Waals surface area contributed by atoms with Crippen LogP contribution in [0.1, 0.15) is 82.8 Å². The third-order valence-electron chi connectivity index (χ3n) is 10.7. The normalized spacial score (nSPS) is 43.8. The van der Waals surface area contributed by atoms with E-state index in [0.29, 0.717) is 34.7 Å². The van der Waals surface area contributed by atoms with E-state index in [2.05, 4.69) is 25.7 Å². The van der Waals surface area contributed by atoms with Gasteiger partial charge in [0.15, 0.2) is 0 Å². The van der Waals surface area contributed by atoms with Crippen LogP contribution in [0.15, 0.2) is 24.3 Å². The molecule has 4 saturated carbocycles. The van der Waals surface area contributed by atoms with E-state index in [0.717, 1.165) is 50.7 Å². The predicted octanol–water partition coefficient (Wildman–Crippen LogP) is 6.85. The van der Waals surface area contributed by atoms with E-state index in [9.17, 15) is 18.3 Å². The van der Waals surface area contributed by atoms with Gasteiger partial charge in [-0.25, -0.2) is 0 Å². The van der Waals surface area contributed by atoms with E-state index in [1.807, 2.05) is 0 Å². The highest BCUT2D eigenvalue weighted by atomic mass is 19.4. The van der Waals surface area contributed by atoms with E-state index >= 15 is 0 Å². The highest BCUT2D eigenvalue weighted by Crippen LogP contribution is 2.68. The van der Waals surface area contributed by atoms with Crippen molar-refractivity contribution in [2.75, 3.05) is 7.11 Å². The van der Waals surface area contributed by atoms with Gasteiger partial charge in [-0.1, -0.05) is 25.7 Å². The molecule has 0 aromatic heterocycles. The fraction of sp³-hybridized carbons (Fsp3) is 0.724. The maximum absolute atomic E-state index is 12.9. The molecular weight excluding hydrogens is 437 g/mol. The lowest BCUT2D eigenvalue weighted by atomic mass is 9.44. The first-order chi connectivity index (χ1) is 16.0. The molecule has 8 atom stereocenters. The van der Waals surface area contributed by atoms with Gasteiger partial charge in [0.1, 0.15) is 5.60 Å². The number of aliphatic hydroxyl groups excluding tert-OH is 1. The number of ether oxygens (including phenoxy) is 1. The Kier molecular flexibility index (Phi) is 5.89. The van der Waals surface area contributed by atoms with Gasteiger partial charge in [-0.3, -0.25) is 0 Å². The van der Waals surface area contributed by atoms with Crippen molar-refractivity contribution >= 4 is 0 Å². The third-order valence-corrected chi connectivity index (χ3v) is 10.7. The number of halogens is 3. The van der Waals surface area contributed by atoms with Crippen LogP contribution in [0.25, 0.3) is 0 Å². The van der Waals surface area contributed by atoms with Crippen molar-refractivity contribution in [1.82, 2.24) is 0 Å². The van der Waals surface area contributed by atoms with Crippen LogP contribution in [0.4, 0.5) is 13.2 Å². The van der Waals surface area contributed by atoms with Crippen molar-refractivity contribution in [1.29, 1.82) is 0 Å². The first kappa shape index (κ1) is 24.2. The van der Waals surface area contributed by atoms with Crippen molar-refractivity contribution in [2.45, 2.75) is 89.5 Å². The molecule has 1 aromatic rings. The number of aliphatic hydroxyl groups is 1. The molecule has 4 aliphatic rings. The van der Waals surface area contributed by atoms with E-state index in [-0.39, 0.29) is 11.5 Å². The highest BCUT2D eigenvalue weighted by Gasteiger charge is 2.65. The number of hydrogen-bond acceptors (Lipinski definition) is 2. The molecule has 0 radical (unpaired) electrons. The van der Waals surface area contributed by atoms with Crippen LogP contribution in [0, 0.1) is 46.3 Å². The van der Waals surface area contributed by atoms with Crippen LogP contribution in [-0.4, -0.2) is 23.9 Å². The smallest absolute Gasteiger partial charge is 0.393 e. The zero-order chi connectivity index (χ0) is 24.4. The fourth-order valence-corrected chi connectivity index (χ4v) is 8.74. The fourth-order valence-electron chi connectivity index (χ4n) is 8.74. The van der Waals surface area contributed by atoms with E-state index < -0.39 is 17.3 Å². The Morgan fingerprint density at radius 1 is 0.941 bits per heavy atom. The van der Waals surface area contributed by atoms with Gasteiger partial charge in [0.2, 0.25) is 0 Å². The zero-order valence-corrected chi connectivity index (χ0v) is 20.5. The maximum atomic E-state index is 12.9. The zero-order valence-electron chi connectivity index (χ0n) is 20.5. The lowest BCUT2D eigenvalue weighted by molar-refractivity contribution is -0.151. The summed E-state index contributed by atoms with van der Waals surface area (Å²) in [5.74, 6) is 9.17. The second kappa shape index (κ2) is 8.27. The van der Waals surface area contributed by atoms with Crippen molar-refractivity contribution in [3.8, 4) is 11.8 Å². The molecule has 2 nitrogen and oxygen atoms in total. The SMILES string of the molecule is COC1(C#Cc2ccc(C(F)(F)F)cc2)CC[C@H]2[C@@H]3CCC4CC(O)CC[C@]4(C)[C@@H]3CC[C@@]21C. The second-order valence-electron chi connectivity index (χ2n) is 11.9. The Morgan fingerprint density at radius 3 is 2.32 bits per heavy atom. The molecular formula is C29H37F3O2. The van der Waals surface area contributed by atoms with Crippen LogP contribution in [0.5, 0.6) is 0 Å². The Bertz CT molecular complexity index is 976. The van der Waals surface area contributed by atoms with Gasteiger partial charge in [-0.15, -0.1) is 0 Å². The van der Waals surface area contributed by atoms with Gasteiger partial charge in [-0.05, 0) is 111 Å². The molecule has 0 amide bonds. The molecule has 0 saturated heterocycles. The molecule has 5 heteroatoms. The molecule has 4 aliphatic carbocycles. The van der Waals surface area contributed by atoms with Crippen LogP contribution >= 0.6 is 0 Å². The summed E-state index contributed by atoms with van der Waals surface area (Å²) in [7, 11) is 1.75. The predicted molar refractivity (Wildman–Crippen MR) is 126 cm³/mol. The second-order valence-corrected chi connectivity index (χ2v) is 11.9. The van der Waals surface area contributed by atoms with Crippen LogP contribution < -0.4 is 0 Å². The van der Waals surface area contributed by atoms with Gasteiger partial charge < -0.3 is 9.84 Å². The van der Waals surface area contributed by atoms with Crippen LogP contribution in [-0.2, 0) is 10.9 Å². The maximum Gasteiger partial charge on any atom is 0.416 e. The topological polar surface area (TPSA) is 29.5 Å². The Hall–Kier alpha value is -1.51. The summed E-state index contributed by atoms with van der Waals surface area (Å²) in [5.41, 5.74) is -0.345. The monoisotopic (exact) mass is 474 g/mol. The minimum absolute atomic E-state index is 0.0563. The molecule has 5 rings (SSSR count). The van der Waals surface area contributed by atoms with Crippen LogP contribution in [0.3, 0.4) is 0 Å². The van der Waals surface area contributed by atoms with Crippen molar-refractivity contribution in [3.05, 3.63) is 35.4 Å². The summed E-state index contributed by atoms with van der Waals surface area (Å²) in [6.45, 7) is 4.84. The molecule has 4 fully saturated rings. The highest BCUT2D eigenvalue weighted by molar-refractivity contribution is 5.40. The van der Waals surface area contributed by atoms with E-state index in [4.69, 9.17) is 4.74 Å². The van der Waals surface area contributed by atoms with Gasteiger partial charge in [-0.2, -0.15) is 13.2 Å². The Balaban J connectivity index is 1.41. The lowest BCUT2D eigenvalue weighted by Gasteiger charge is -2.61. The number of methoxy groups -OCH3 is 1. The summed E-state index contributed by atoms with van der Waals surface area (Å²) in [6.07, 6.45) is 5.20. The number of hydrogen-bond donors (Lipinski definition) is 1. The lowest BCUT2D eigenvalue weighted by Crippen LogP contribution is -2.57. The van der Waals surface area contributed by atoms with Crippen molar-refractivity contribution in [3.63, 3.8) is 0 Å². The molecule has 0 heterocycles. The average Bonchev–Trinajstić information content (AvgIpc) is 3.10. The largest absolute Gasteiger partial charge is 0.416 e.